The summed E-state index contributed by atoms with van der Waals surface area (Å²) < 4.78 is 0. The number of anilines is 6. The fraction of sp³-hybridized carbons (Fsp3) is 0. The molecule has 0 aliphatic heterocycles. The van der Waals surface area contributed by atoms with Crippen molar-refractivity contribution in [2.75, 3.05) is 9.80 Å². The highest BCUT2D eigenvalue weighted by atomic mass is 15.1. The number of rotatable bonds is 11. The molecule has 10 rings (SSSR count). The van der Waals surface area contributed by atoms with Crippen LogP contribution in [0.2, 0.25) is 0 Å². The molecule has 0 saturated heterocycles. The van der Waals surface area contributed by atoms with Crippen LogP contribution in [0.5, 0.6) is 0 Å². The summed E-state index contributed by atoms with van der Waals surface area (Å²) in [5.41, 5.74) is 18.4. The Bertz CT molecular complexity index is 2970. The fourth-order valence-electron chi connectivity index (χ4n) is 8.51. The minimum Gasteiger partial charge on any atom is -0.311 e. The maximum Gasteiger partial charge on any atom is 0.0540 e. The molecule has 62 heavy (non-hydrogen) atoms. The molecular formula is C60H44N2. The Morgan fingerprint density at radius 1 is 0.177 bits per heavy atom. The van der Waals surface area contributed by atoms with E-state index in [1.165, 1.54) is 44.5 Å². The topological polar surface area (TPSA) is 6.48 Å². The third kappa shape index (κ3) is 7.81. The first-order chi connectivity index (χ1) is 30.8. The van der Waals surface area contributed by atoms with Crippen LogP contribution >= 0.6 is 0 Å². The van der Waals surface area contributed by atoms with Crippen molar-refractivity contribution in [2.24, 2.45) is 0 Å². The number of hydrogen-bond donors (Lipinski definition) is 0. The molecule has 0 spiro atoms. The number of para-hydroxylation sites is 4. The second kappa shape index (κ2) is 17.6. The Morgan fingerprint density at radius 2 is 0.435 bits per heavy atom. The first-order valence-corrected chi connectivity index (χ1v) is 21.2. The van der Waals surface area contributed by atoms with E-state index in [0.717, 1.165) is 45.3 Å². The minimum absolute atomic E-state index is 1.09. The van der Waals surface area contributed by atoms with Gasteiger partial charge in [0.2, 0.25) is 0 Å². The van der Waals surface area contributed by atoms with Crippen LogP contribution in [0.25, 0.3) is 55.6 Å². The molecule has 0 bridgehead atoms. The molecule has 0 amide bonds. The molecule has 0 radical (unpaired) electrons. The van der Waals surface area contributed by atoms with Crippen molar-refractivity contribution in [3.8, 4) is 55.6 Å². The van der Waals surface area contributed by atoms with E-state index in [2.05, 4.69) is 277 Å². The normalized spacial score (nSPS) is 10.9. The number of benzene rings is 10. The second-order valence-electron chi connectivity index (χ2n) is 15.3. The van der Waals surface area contributed by atoms with E-state index in [1.807, 2.05) is 0 Å². The Morgan fingerprint density at radius 3 is 0.823 bits per heavy atom. The van der Waals surface area contributed by atoms with E-state index >= 15 is 0 Å². The molecule has 0 unspecified atom stereocenters. The molecule has 0 N–H and O–H groups in total. The van der Waals surface area contributed by atoms with E-state index in [-0.39, 0.29) is 0 Å². The van der Waals surface area contributed by atoms with E-state index < -0.39 is 0 Å². The van der Waals surface area contributed by atoms with Gasteiger partial charge in [-0.3, -0.25) is 0 Å². The molecule has 0 fully saturated rings. The lowest BCUT2D eigenvalue weighted by atomic mass is 9.85. The maximum absolute atomic E-state index is 2.40. The molecule has 0 saturated carbocycles. The molecule has 0 aliphatic carbocycles. The molecule has 2 heteroatoms. The summed E-state index contributed by atoms with van der Waals surface area (Å²) in [6.07, 6.45) is 0. The Hall–Kier alpha value is -8.20. The van der Waals surface area contributed by atoms with Crippen LogP contribution in [0.15, 0.2) is 267 Å². The standard InChI is InChI=1S/C60H44N2/c1-7-21-45(22-8-1)55-33-19-20-34-60(55)62(52-31-17-6-18-32-52)54-41-37-49(38-42-54)59-44-56(46-23-9-2-10-24-46)58(43-57(59)47-25-11-3-12-26-47)48-35-39-53(40-36-48)61(50-27-13-4-14-28-50)51-29-15-5-16-30-51/h1-44H. The third-order valence-electron chi connectivity index (χ3n) is 11.5. The van der Waals surface area contributed by atoms with Crippen molar-refractivity contribution in [1.29, 1.82) is 0 Å². The van der Waals surface area contributed by atoms with Crippen molar-refractivity contribution >= 4 is 34.1 Å². The van der Waals surface area contributed by atoms with Crippen molar-refractivity contribution < 1.29 is 0 Å². The predicted molar refractivity (Wildman–Crippen MR) is 263 cm³/mol. The largest absolute Gasteiger partial charge is 0.311 e. The smallest absolute Gasteiger partial charge is 0.0540 e. The molecule has 0 aromatic heterocycles. The van der Waals surface area contributed by atoms with Crippen LogP contribution in [-0.2, 0) is 0 Å². The monoisotopic (exact) mass is 792 g/mol. The average Bonchev–Trinajstić information content (AvgIpc) is 3.36. The van der Waals surface area contributed by atoms with Gasteiger partial charge >= 0.3 is 0 Å². The van der Waals surface area contributed by atoms with Gasteiger partial charge in [0.05, 0.1) is 5.69 Å². The van der Waals surface area contributed by atoms with Gasteiger partial charge in [-0.1, -0.05) is 188 Å². The zero-order chi connectivity index (χ0) is 41.5. The zero-order valence-corrected chi connectivity index (χ0v) is 34.3. The highest BCUT2D eigenvalue weighted by Gasteiger charge is 2.20. The van der Waals surface area contributed by atoms with Gasteiger partial charge in [0.1, 0.15) is 0 Å². The van der Waals surface area contributed by atoms with Crippen LogP contribution in [-0.4, -0.2) is 0 Å². The summed E-state index contributed by atoms with van der Waals surface area (Å²) in [6.45, 7) is 0. The highest BCUT2D eigenvalue weighted by molar-refractivity contribution is 5.96. The zero-order valence-electron chi connectivity index (χ0n) is 34.3. The van der Waals surface area contributed by atoms with Crippen LogP contribution in [0.3, 0.4) is 0 Å². The average molecular weight is 793 g/mol. The fourth-order valence-corrected chi connectivity index (χ4v) is 8.51. The molecule has 10 aromatic rings. The number of nitrogens with zero attached hydrogens (tertiary/aromatic N) is 2. The first kappa shape index (κ1) is 38.0. The SMILES string of the molecule is c1ccc(-c2cc(-c3ccc(N(c4ccccc4)c4ccccc4-c4ccccc4)cc3)c(-c3ccccc3)cc2-c2ccc(N(c3ccccc3)c3ccccc3)cc2)cc1. The number of hydrogen-bond acceptors (Lipinski definition) is 2. The molecule has 2 nitrogen and oxygen atoms in total. The Kier molecular flexibility index (Phi) is 10.8. The van der Waals surface area contributed by atoms with E-state index in [0.29, 0.717) is 0 Å². The van der Waals surface area contributed by atoms with Crippen molar-refractivity contribution in [3.63, 3.8) is 0 Å². The van der Waals surface area contributed by atoms with Gasteiger partial charge in [0, 0.05) is 34.0 Å². The van der Waals surface area contributed by atoms with Crippen LogP contribution in [0.4, 0.5) is 34.1 Å². The van der Waals surface area contributed by atoms with Gasteiger partial charge in [-0.05, 0) is 129 Å². The summed E-state index contributed by atoms with van der Waals surface area (Å²) in [5.74, 6) is 0. The molecule has 0 heterocycles. The summed E-state index contributed by atoms with van der Waals surface area (Å²) in [7, 11) is 0. The third-order valence-corrected chi connectivity index (χ3v) is 11.5. The summed E-state index contributed by atoms with van der Waals surface area (Å²) in [6, 6.07) is 95.6. The lowest BCUT2D eigenvalue weighted by Crippen LogP contribution is -2.11. The highest BCUT2D eigenvalue weighted by Crippen LogP contribution is 2.45. The molecule has 10 aromatic carbocycles. The summed E-state index contributed by atoms with van der Waals surface area (Å²) in [4.78, 5) is 4.67. The van der Waals surface area contributed by atoms with Gasteiger partial charge < -0.3 is 9.80 Å². The van der Waals surface area contributed by atoms with Crippen LogP contribution < -0.4 is 9.80 Å². The Labute approximate surface area is 364 Å². The van der Waals surface area contributed by atoms with Gasteiger partial charge in [-0.15, -0.1) is 0 Å². The van der Waals surface area contributed by atoms with Gasteiger partial charge in [-0.25, -0.2) is 0 Å². The quantitative estimate of drug-likeness (QED) is 0.129. The van der Waals surface area contributed by atoms with Gasteiger partial charge in [0.15, 0.2) is 0 Å². The lowest BCUT2D eigenvalue weighted by molar-refractivity contribution is 1.28. The summed E-state index contributed by atoms with van der Waals surface area (Å²) in [5, 5.41) is 0. The molecule has 294 valence electrons. The molecule has 0 atom stereocenters. The van der Waals surface area contributed by atoms with E-state index in [4.69, 9.17) is 0 Å². The maximum atomic E-state index is 2.40. The van der Waals surface area contributed by atoms with E-state index in [1.54, 1.807) is 0 Å². The van der Waals surface area contributed by atoms with Crippen LogP contribution in [0.1, 0.15) is 0 Å². The van der Waals surface area contributed by atoms with Crippen molar-refractivity contribution in [3.05, 3.63) is 267 Å². The Balaban J connectivity index is 1.10. The lowest BCUT2D eigenvalue weighted by Gasteiger charge is -2.28. The molecular weight excluding hydrogens is 749 g/mol. The minimum atomic E-state index is 1.09. The summed E-state index contributed by atoms with van der Waals surface area (Å²) >= 11 is 0. The first-order valence-electron chi connectivity index (χ1n) is 21.2. The predicted octanol–water partition coefficient (Wildman–Crippen LogP) is 17.0. The van der Waals surface area contributed by atoms with Crippen LogP contribution in [0, 0.1) is 0 Å². The van der Waals surface area contributed by atoms with Gasteiger partial charge in [-0.2, -0.15) is 0 Å². The van der Waals surface area contributed by atoms with Crippen molar-refractivity contribution in [1.82, 2.24) is 0 Å². The van der Waals surface area contributed by atoms with Gasteiger partial charge in [0.25, 0.3) is 0 Å². The molecule has 0 aliphatic rings. The van der Waals surface area contributed by atoms with Crippen molar-refractivity contribution in [2.45, 2.75) is 0 Å². The second-order valence-corrected chi connectivity index (χ2v) is 15.3. The van der Waals surface area contributed by atoms with E-state index in [9.17, 15) is 0 Å².